The second-order valence-corrected chi connectivity index (χ2v) is 4.55. The van der Waals surface area contributed by atoms with Crippen LogP contribution in [0.3, 0.4) is 0 Å². The lowest BCUT2D eigenvalue weighted by atomic mass is 10.3. The molecule has 9 heteroatoms. The molecule has 2 aromatic heterocycles. The zero-order chi connectivity index (χ0) is 14.7. The third-order valence-corrected chi connectivity index (χ3v) is 2.77. The summed E-state index contributed by atoms with van der Waals surface area (Å²) in [5.41, 5.74) is 0.0835. The van der Waals surface area contributed by atoms with Gasteiger partial charge in [-0.05, 0) is 12.1 Å². The number of carbonyl (C=O) groups is 2. The number of hydrogen-bond donors (Lipinski definition) is 2. The molecule has 7 nitrogen and oxygen atoms in total. The molecule has 0 fully saturated rings. The minimum atomic E-state index is -1.11. The highest BCUT2D eigenvalue weighted by molar-refractivity contribution is 6.36. The molecule has 2 rings (SSSR count). The fraction of sp³-hybridized carbons (Fsp3) is 0.0909. The topological polar surface area (TPSA) is 97.1 Å². The molecule has 0 aliphatic rings. The number of nitrogens with zero attached hydrogens (tertiary/aromatic N) is 3. The normalized spacial score (nSPS) is 10.3. The standard InChI is InChI=1S/C11H8Cl2N4O3/c12-6-3-7(13)10(14-4-6)16-11(20)8-1-2-15-17(8)5-9(18)19/h1-4H,5H2,(H,18,19)(H,14,16,20). The van der Waals surface area contributed by atoms with Crippen LogP contribution >= 0.6 is 23.2 Å². The van der Waals surface area contributed by atoms with E-state index in [1.54, 1.807) is 0 Å². The Balaban J connectivity index is 2.20. The third kappa shape index (κ3) is 3.25. The predicted octanol–water partition coefficient (Wildman–Crippen LogP) is 1.92. The molecule has 0 unspecified atom stereocenters. The van der Waals surface area contributed by atoms with Crippen LogP contribution in [0.25, 0.3) is 0 Å². The molecule has 2 aromatic rings. The number of pyridine rings is 1. The quantitative estimate of drug-likeness (QED) is 0.898. The van der Waals surface area contributed by atoms with E-state index in [4.69, 9.17) is 28.3 Å². The largest absolute Gasteiger partial charge is 0.480 e. The Bertz CT molecular complexity index is 671. The number of hydrogen-bond acceptors (Lipinski definition) is 4. The number of carbonyl (C=O) groups excluding carboxylic acids is 1. The lowest BCUT2D eigenvalue weighted by Gasteiger charge is -2.07. The molecular formula is C11H8Cl2N4O3. The monoisotopic (exact) mass is 314 g/mol. The molecule has 2 N–H and O–H groups in total. The van der Waals surface area contributed by atoms with Crippen LogP contribution in [0.15, 0.2) is 24.5 Å². The highest BCUT2D eigenvalue weighted by Crippen LogP contribution is 2.22. The Morgan fingerprint density at radius 3 is 2.80 bits per heavy atom. The van der Waals surface area contributed by atoms with E-state index in [0.717, 1.165) is 4.68 Å². The SMILES string of the molecule is O=C(O)Cn1nccc1C(=O)Nc1ncc(Cl)cc1Cl. The fourth-order valence-corrected chi connectivity index (χ4v) is 1.89. The maximum Gasteiger partial charge on any atom is 0.325 e. The van der Waals surface area contributed by atoms with Crippen LogP contribution in [0.2, 0.25) is 10.0 Å². The van der Waals surface area contributed by atoms with E-state index in [0.29, 0.717) is 5.02 Å². The minimum Gasteiger partial charge on any atom is -0.480 e. The first-order valence-electron chi connectivity index (χ1n) is 5.33. The van der Waals surface area contributed by atoms with Gasteiger partial charge in [0, 0.05) is 12.4 Å². The molecule has 2 heterocycles. The van der Waals surface area contributed by atoms with E-state index in [1.807, 2.05) is 0 Å². The van der Waals surface area contributed by atoms with Crippen molar-refractivity contribution in [3.63, 3.8) is 0 Å². The van der Waals surface area contributed by atoms with Gasteiger partial charge in [0.25, 0.3) is 5.91 Å². The Morgan fingerprint density at radius 1 is 1.40 bits per heavy atom. The van der Waals surface area contributed by atoms with E-state index in [-0.39, 0.29) is 16.5 Å². The number of anilines is 1. The maximum atomic E-state index is 12.0. The van der Waals surface area contributed by atoms with Gasteiger partial charge in [0.2, 0.25) is 0 Å². The van der Waals surface area contributed by atoms with Crippen molar-refractivity contribution in [2.75, 3.05) is 5.32 Å². The van der Waals surface area contributed by atoms with Gasteiger partial charge in [0.15, 0.2) is 5.82 Å². The lowest BCUT2D eigenvalue weighted by molar-refractivity contribution is -0.137. The molecule has 1 amide bonds. The van der Waals surface area contributed by atoms with E-state index < -0.39 is 18.4 Å². The number of nitrogens with one attached hydrogen (secondary N) is 1. The van der Waals surface area contributed by atoms with Crippen molar-refractivity contribution < 1.29 is 14.7 Å². The van der Waals surface area contributed by atoms with Crippen molar-refractivity contribution in [3.05, 3.63) is 40.3 Å². The second kappa shape index (κ2) is 5.89. The van der Waals surface area contributed by atoms with Gasteiger partial charge in [-0.1, -0.05) is 23.2 Å². The molecule has 20 heavy (non-hydrogen) atoms. The van der Waals surface area contributed by atoms with Crippen LogP contribution in [-0.2, 0) is 11.3 Å². The van der Waals surface area contributed by atoms with Gasteiger partial charge >= 0.3 is 5.97 Å². The molecule has 104 valence electrons. The average Bonchev–Trinajstić information content (AvgIpc) is 2.80. The second-order valence-electron chi connectivity index (χ2n) is 3.71. The third-order valence-electron chi connectivity index (χ3n) is 2.27. The summed E-state index contributed by atoms with van der Waals surface area (Å²) in [6, 6.07) is 2.82. The molecular weight excluding hydrogens is 307 g/mol. The Kier molecular flexibility index (Phi) is 4.21. The summed E-state index contributed by atoms with van der Waals surface area (Å²) in [5, 5.41) is 15.4. The first-order chi connectivity index (χ1) is 9.47. The molecule has 0 atom stereocenters. The average molecular weight is 315 g/mol. The van der Waals surface area contributed by atoms with Crippen molar-refractivity contribution >= 4 is 40.9 Å². The zero-order valence-electron chi connectivity index (χ0n) is 9.88. The molecule has 0 aliphatic heterocycles. The Hall–Kier alpha value is -2.12. The van der Waals surface area contributed by atoms with E-state index in [1.165, 1.54) is 24.5 Å². The molecule has 0 saturated carbocycles. The van der Waals surface area contributed by atoms with Crippen molar-refractivity contribution in [2.45, 2.75) is 6.54 Å². The summed E-state index contributed by atoms with van der Waals surface area (Å²) in [7, 11) is 0. The lowest BCUT2D eigenvalue weighted by Crippen LogP contribution is -2.21. The summed E-state index contributed by atoms with van der Waals surface area (Å²) in [6.07, 6.45) is 2.66. The number of rotatable bonds is 4. The molecule has 0 bridgehead atoms. The van der Waals surface area contributed by atoms with Crippen LogP contribution < -0.4 is 5.32 Å². The van der Waals surface area contributed by atoms with Crippen LogP contribution in [-0.4, -0.2) is 31.7 Å². The van der Waals surface area contributed by atoms with Crippen molar-refractivity contribution in [1.29, 1.82) is 0 Å². The molecule has 0 saturated heterocycles. The Labute approximate surface area is 123 Å². The summed E-state index contributed by atoms with van der Waals surface area (Å²) in [5.74, 6) is -1.55. The van der Waals surface area contributed by atoms with Gasteiger partial charge in [0.1, 0.15) is 12.2 Å². The van der Waals surface area contributed by atoms with Crippen LogP contribution in [0.4, 0.5) is 5.82 Å². The number of halogens is 2. The van der Waals surface area contributed by atoms with Crippen LogP contribution in [0, 0.1) is 0 Å². The van der Waals surface area contributed by atoms with Crippen molar-refractivity contribution in [3.8, 4) is 0 Å². The van der Waals surface area contributed by atoms with Crippen LogP contribution in [0.1, 0.15) is 10.5 Å². The van der Waals surface area contributed by atoms with Gasteiger partial charge in [0.05, 0.1) is 10.0 Å². The molecule has 0 aromatic carbocycles. The summed E-state index contributed by atoms with van der Waals surface area (Å²) in [6.45, 7) is -0.419. The summed E-state index contributed by atoms with van der Waals surface area (Å²) in [4.78, 5) is 26.5. The van der Waals surface area contributed by atoms with Gasteiger partial charge in [-0.25, -0.2) is 9.67 Å². The first kappa shape index (κ1) is 14.3. The first-order valence-corrected chi connectivity index (χ1v) is 6.09. The number of carboxylic acid groups (broad SMARTS) is 1. The molecule has 0 spiro atoms. The molecule has 0 aliphatic carbocycles. The highest BCUT2D eigenvalue weighted by Gasteiger charge is 2.16. The van der Waals surface area contributed by atoms with E-state index in [2.05, 4.69) is 15.4 Å². The number of aliphatic carboxylic acids is 1. The fourth-order valence-electron chi connectivity index (χ4n) is 1.46. The number of aromatic nitrogens is 3. The predicted molar refractivity (Wildman–Crippen MR) is 72.1 cm³/mol. The maximum absolute atomic E-state index is 12.0. The van der Waals surface area contributed by atoms with Gasteiger partial charge in [-0.15, -0.1) is 0 Å². The van der Waals surface area contributed by atoms with Gasteiger partial charge in [-0.2, -0.15) is 5.10 Å². The van der Waals surface area contributed by atoms with Gasteiger partial charge in [-0.3, -0.25) is 9.59 Å². The number of carboxylic acids is 1. The van der Waals surface area contributed by atoms with Gasteiger partial charge < -0.3 is 10.4 Å². The van der Waals surface area contributed by atoms with Crippen LogP contribution in [0.5, 0.6) is 0 Å². The highest BCUT2D eigenvalue weighted by atomic mass is 35.5. The number of amides is 1. The minimum absolute atomic E-state index is 0.0835. The summed E-state index contributed by atoms with van der Waals surface area (Å²) >= 11 is 11.6. The van der Waals surface area contributed by atoms with Crippen molar-refractivity contribution in [1.82, 2.24) is 14.8 Å². The molecule has 0 radical (unpaired) electrons. The van der Waals surface area contributed by atoms with Crippen molar-refractivity contribution in [2.24, 2.45) is 0 Å². The Morgan fingerprint density at radius 2 is 2.15 bits per heavy atom. The smallest absolute Gasteiger partial charge is 0.325 e. The summed E-state index contributed by atoms with van der Waals surface area (Å²) < 4.78 is 1.06. The van der Waals surface area contributed by atoms with E-state index in [9.17, 15) is 9.59 Å². The zero-order valence-corrected chi connectivity index (χ0v) is 11.4. The van der Waals surface area contributed by atoms with E-state index >= 15 is 0 Å².